The van der Waals surface area contributed by atoms with E-state index in [9.17, 15) is 9.59 Å². The van der Waals surface area contributed by atoms with Crippen LogP contribution in [0.15, 0.2) is 24.3 Å². The monoisotopic (exact) mass is 432 g/mol. The van der Waals surface area contributed by atoms with Gasteiger partial charge < -0.3 is 9.47 Å². The average molecular weight is 433 g/mol. The molecule has 0 spiro atoms. The molecule has 0 bridgehead atoms. The number of carbonyl (C=O) groups excluding carboxylic acids is 2. The fourth-order valence-corrected chi connectivity index (χ4v) is 3.74. The number of ether oxygens (including phenoxy) is 2. The number of unbranched alkanes of at least 4 members (excludes halogenated alkanes) is 8. The van der Waals surface area contributed by atoms with E-state index in [1.165, 1.54) is 57.8 Å². The summed E-state index contributed by atoms with van der Waals surface area (Å²) in [5.74, 6) is 1.46. The van der Waals surface area contributed by atoms with E-state index in [0.717, 1.165) is 31.6 Å². The highest BCUT2D eigenvalue weighted by Crippen LogP contribution is 2.20. The predicted molar refractivity (Wildman–Crippen MR) is 127 cm³/mol. The fourth-order valence-electron chi connectivity index (χ4n) is 3.74. The van der Waals surface area contributed by atoms with Crippen LogP contribution in [0.3, 0.4) is 0 Å². The molecule has 0 saturated carbocycles. The molecule has 0 fully saturated rings. The van der Waals surface area contributed by atoms with Crippen LogP contribution in [0.25, 0.3) is 0 Å². The third kappa shape index (κ3) is 14.0. The maximum atomic E-state index is 12.0. The molecule has 0 atom stereocenters. The van der Waals surface area contributed by atoms with Gasteiger partial charge in [0.1, 0.15) is 11.5 Å². The summed E-state index contributed by atoms with van der Waals surface area (Å²) in [7, 11) is 0. The molecule has 1 aromatic carbocycles. The topological polar surface area (TPSA) is 52.6 Å². The number of benzene rings is 1. The second-order valence-electron chi connectivity index (χ2n) is 8.57. The first-order valence-electron chi connectivity index (χ1n) is 12.6. The second-order valence-corrected chi connectivity index (χ2v) is 8.57. The third-order valence-electron chi connectivity index (χ3n) is 5.92. The van der Waals surface area contributed by atoms with Crippen molar-refractivity contribution in [2.24, 2.45) is 5.92 Å². The standard InChI is InChI=1S/C27H44O4/c1-4-7-8-10-14-17-26(28)30-24-19-21-25(22-20-24)31-27(29)18-15-12-9-11-13-16-23(5-2)6-3/h19-23H,4-18H2,1-3H3. The molecule has 0 aromatic heterocycles. The zero-order chi connectivity index (χ0) is 22.7. The summed E-state index contributed by atoms with van der Waals surface area (Å²) in [6, 6.07) is 6.72. The van der Waals surface area contributed by atoms with Crippen molar-refractivity contribution in [1.82, 2.24) is 0 Å². The van der Waals surface area contributed by atoms with Gasteiger partial charge in [-0.05, 0) is 43.0 Å². The first-order valence-corrected chi connectivity index (χ1v) is 12.6. The lowest BCUT2D eigenvalue weighted by Gasteiger charge is -2.11. The van der Waals surface area contributed by atoms with Crippen LogP contribution in [0, 0.1) is 5.92 Å². The number of hydrogen-bond acceptors (Lipinski definition) is 4. The van der Waals surface area contributed by atoms with Crippen molar-refractivity contribution in [2.75, 3.05) is 0 Å². The van der Waals surface area contributed by atoms with Crippen molar-refractivity contribution in [3.05, 3.63) is 24.3 Å². The zero-order valence-corrected chi connectivity index (χ0v) is 20.1. The average Bonchev–Trinajstić information content (AvgIpc) is 2.77. The van der Waals surface area contributed by atoms with Crippen LogP contribution in [0.1, 0.15) is 117 Å². The molecule has 4 nitrogen and oxygen atoms in total. The van der Waals surface area contributed by atoms with Crippen molar-refractivity contribution < 1.29 is 19.1 Å². The highest BCUT2D eigenvalue weighted by Gasteiger charge is 2.08. The van der Waals surface area contributed by atoms with E-state index in [1.807, 2.05) is 0 Å². The van der Waals surface area contributed by atoms with Crippen LogP contribution in [-0.2, 0) is 9.59 Å². The molecule has 0 amide bonds. The molecule has 176 valence electrons. The molecule has 1 rings (SSSR count). The number of carbonyl (C=O) groups is 2. The van der Waals surface area contributed by atoms with E-state index in [2.05, 4.69) is 20.8 Å². The minimum Gasteiger partial charge on any atom is -0.427 e. The van der Waals surface area contributed by atoms with Crippen LogP contribution < -0.4 is 9.47 Å². The second kappa shape index (κ2) is 17.8. The molecule has 0 N–H and O–H groups in total. The van der Waals surface area contributed by atoms with Crippen molar-refractivity contribution >= 4 is 11.9 Å². The molecule has 0 saturated heterocycles. The lowest BCUT2D eigenvalue weighted by Crippen LogP contribution is -2.09. The van der Waals surface area contributed by atoms with E-state index >= 15 is 0 Å². The van der Waals surface area contributed by atoms with Crippen LogP contribution in [0.2, 0.25) is 0 Å². The Morgan fingerprint density at radius 1 is 0.645 bits per heavy atom. The Hall–Kier alpha value is -1.84. The summed E-state index contributed by atoms with van der Waals surface area (Å²) in [6.45, 7) is 6.72. The van der Waals surface area contributed by atoms with Gasteiger partial charge in [-0.25, -0.2) is 0 Å². The molecular weight excluding hydrogens is 388 g/mol. The molecule has 31 heavy (non-hydrogen) atoms. The van der Waals surface area contributed by atoms with E-state index in [0.29, 0.717) is 24.3 Å². The highest BCUT2D eigenvalue weighted by molar-refractivity contribution is 5.73. The van der Waals surface area contributed by atoms with E-state index in [-0.39, 0.29) is 11.9 Å². The highest BCUT2D eigenvalue weighted by atomic mass is 16.5. The van der Waals surface area contributed by atoms with Gasteiger partial charge in [-0.3, -0.25) is 9.59 Å². The Balaban J connectivity index is 2.14. The summed E-state index contributed by atoms with van der Waals surface area (Å²) < 4.78 is 10.7. The zero-order valence-electron chi connectivity index (χ0n) is 20.1. The summed E-state index contributed by atoms with van der Waals surface area (Å²) in [5, 5.41) is 0. The van der Waals surface area contributed by atoms with Gasteiger partial charge in [0.25, 0.3) is 0 Å². The summed E-state index contributed by atoms with van der Waals surface area (Å²) in [6.07, 6.45) is 16.0. The van der Waals surface area contributed by atoms with E-state index in [1.54, 1.807) is 24.3 Å². The van der Waals surface area contributed by atoms with Crippen LogP contribution >= 0.6 is 0 Å². The number of hydrogen-bond donors (Lipinski definition) is 0. The van der Waals surface area contributed by atoms with Crippen molar-refractivity contribution in [1.29, 1.82) is 0 Å². The Kier molecular flexibility index (Phi) is 15.6. The molecular formula is C27H44O4. The largest absolute Gasteiger partial charge is 0.427 e. The van der Waals surface area contributed by atoms with E-state index in [4.69, 9.17) is 9.47 Å². The number of esters is 2. The minimum absolute atomic E-state index is 0.200. The van der Waals surface area contributed by atoms with Gasteiger partial charge >= 0.3 is 11.9 Å². The molecule has 1 aromatic rings. The first kappa shape index (κ1) is 27.2. The first-order chi connectivity index (χ1) is 15.1. The molecule has 0 heterocycles. The maximum absolute atomic E-state index is 12.0. The molecule has 0 aliphatic rings. The smallest absolute Gasteiger partial charge is 0.311 e. The summed E-state index contributed by atoms with van der Waals surface area (Å²) >= 11 is 0. The van der Waals surface area contributed by atoms with Crippen LogP contribution in [0.4, 0.5) is 0 Å². The minimum atomic E-state index is -0.207. The Labute approximate surface area is 190 Å². The lowest BCUT2D eigenvalue weighted by molar-refractivity contribution is -0.135. The molecule has 0 radical (unpaired) electrons. The molecule has 4 heteroatoms. The van der Waals surface area contributed by atoms with Crippen molar-refractivity contribution in [3.63, 3.8) is 0 Å². The predicted octanol–water partition coefficient (Wildman–Crippen LogP) is 8.02. The molecule has 0 unspecified atom stereocenters. The lowest BCUT2D eigenvalue weighted by atomic mass is 9.96. The Bertz CT molecular complexity index is 590. The van der Waals surface area contributed by atoms with Gasteiger partial charge in [0.2, 0.25) is 0 Å². The van der Waals surface area contributed by atoms with E-state index < -0.39 is 0 Å². The normalized spacial score (nSPS) is 11.0. The quantitative estimate of drug-likeness (QED) is 0.134. The maximum Gasteiger partial charge on any atom is 0.311 e. The Morgan fingerprint density at radius 2 is 1.06 bits per heavy atom. The molecule has 0 aliphatic carbocycles. The van der Waals surface area contributed by atoms with Gasteiger partial charge in [0.15, 0.2) is 0 Å². The SMILES string of the molecule is CCCCCCCC(=O)Oc1ccc(OC(=O)CCCCCCCC(CC)CC)cc1. The number of rotatable bonds is 18. The van der Waals surface area contributed by atoms with Gasteiger partial charge in [0.05, 0.1) is 0 Å². The van der Waals surface area contributed by atoms with Crippen LogP contribution in [-0.4, -0.2) is 11.9 Å². The van der Waals surface area contributed by atoms with Crippen LogP contribution in [0.5, 0.6) is 11.5 Å². The third-order valence-corrected chi connectivity index (χ3v) is 5.92. The summed E-state index contributed by atoms with van der Waals surface area (Å²) in [4.78, 5) is 23.9. The summed E-state index contributed by atoms with van der Waals surface area (Å²) in [5.41, 5.74) is 0. The van der Waals surface area contributed by atoms with Gasteiger partial charge in [0, 0.05) is 12.8 Å². The van der Waals surface area contributed by atoms with Gasteiger partial charge in [-0.2, -0.15) is 0 Å². The Morgan fingerprint density at radius 3 is 1.52 bits per heavy atom. The van der Waals surface area contributed by atoms with Gasteiger partial charge in [-0.15, -0.1) is 0 Å². The molecule has 0 aliphatic heterocycles. The van der Waals surface area contributed by atoms with Gasteiger partial charge in [-0.1, -0.05) is 91.4 Å². The van der Waals surface area contributed by atoms with Crippen molar-refractivity contribution in [2.45, 2.75) is 117 Å². The fraction of sp³-hybridized carbons (Fsp3) is 0.704. The van der Waals surface area contributed by atoms with Crippen molar-refractivity contribution in [3.8, 4) is 11.5 Å².